The maximum absolute atomic E-state index is 13.6. The molecule has 0 amide bonds. The predicted molar refractivity (Wildman–Crippen MR) is 70.8 cm³/mol. The molecule has 0 saturated carbocycles. The molecule has 1 N–H and O–H groups in total. The molecule has 0 aromatic heterocycles. The van der Waals surface area contributed by atoms with Crippen LogP contribution < -0.4 is 0 Å². The zero-order valence-corrected chi connectivity index (χ0v) is 10.7. The molecule has 1 unspecified atom stereocenters. The predicted octanol–water partition coefficient (Wildman–Crippen LogP) is 3.50. The highest BCUT2D eigenvalue weighted by atomic mass is 19.1. The van der Waals surface area contributed by atoms with Crippen LogP contribution in [0.25, 0.3) is 0 Å². The van der Waals surface area contributed by atoms with Crippen molar-refractivity contribution in [2.24, 2.45) is 0 Å². The fourth-order valence-electron chi connectivity index (χ4n) is 2.19. The van der Waals surface area contributed by atoms with Crippen LogP contribution in [0.3, 0.4) is 0 Å². The third kappa shape index (κ3) is 3.86. The van der Waals surface area contributed by atoms with Crippen LogP contribution in [0.5, 0.6) is 0 Å². The van der Waals surface area contributed by atoms with Crippen LogP contribution in [0.1, 0.15) is 18.1 Å². The van der Waals surface area contributed by atoms with Crippen molar-refractivity contribution in [3.63, 3.8) is 0 Å². The maximum Gasteiger partial charge on any atom is 0.126 e. The maximum atomic E-state index is 13.6. The van der Waals surface area contributed by atoms with Gasteiger partial charge in [0, 0.05) is 12.8 Å². The van der Waals surface area contributed by atoms with Crippen molar-refractivity contribution in [2.45, 2.75) is 25.4 Å². The molecule has 2 aromatic rings. The monoisotopic (exact) mass is 262 g/mol. The molecule has 0 bridgehead atoms. The van der Waals surface area contributed by atoms with Gasteiger partial charge in [0.2, 0.25) is 0 Å². The Kier molecular flexibility index (Phi) is 3.96. The van der Waals surface area contributed by atoms with Crippen LogP contribution >= 0.6 is 0 Å². The second-order valence-electron chi connectivity index (χ2n) is 5.07. The van der Waals surface area contributed by atoms with Crippen molar-refractivity contribution in [1.29, 1.82) is 0 Å². The largest absolute Gasteiger partial charge is 0.389 e. The molecule has 0 saturated heterocycles. The highest BCUT2D eigenvalue weighted by molar-refractivity contribution is 5.23. The minimum atomic E-state index is -1.12. The first-order chi connectivity index (χ1) is 8.96. The quantitative estimate of drug-likeness (QED) is 0.894. The average Bonchev–Trinajstić information content (AvgIpc) is 2.34. The van der Waals surface area contributed by atoms with Crippen LogP contribution in [0.2, 0.25) is 0 Å². The van der Waals surface area contributed by atoms with E-state index in [0.717, 1.165) is 23.8 Å². The van der Waals surface area contributed by atoms with Crippen LogP contribution in [0, 0.1) is 11.6 Å². The van der Waals surface area contributed by atoms with Crippen LogP contribution in [0.15, 0.2) is 48.5 Å². The van der Waals surface area contributed by atoms with E-state index in [1.165, 1.54) is 0 Å². The summed E-state index contributed by atoms with van der Waals surface area (Å²) in [7, 11) is 0. The number of benzene rings is 2. The van der Waals surface area contributed by atoms with Gasteiger partial charge in [-0.2, -0.15) is 0 Å². The Balaban J connectivity index is 2.14. The topological polar surface area (TPSA) is 20.2 Å². The molecule has 0 spiro atoms. The Morgan fingerprint density at radius 1 is 1.00 bits per heavy atom. The fourth-order valence-corrected chi connectivity index (χ4v) is 2.19. The lowest BCUT2D eigenvalue weighted by Gasteiger charge is -2.23. The molecule has 1 nitrogen and oxygen atoms in total. The highest BCUT2D eigenvalue weighted by Crippen LogP contribution is 2.21. The first-order valence-electron chi connectivity index (χ1n) is 6.16. The van der Waals surface area contributed by atoms with Gasteiger partial charge < -0.3 is 5.11 Å². The molecule has 100 valence electrons. The first-order valence-corrected chi connectivity index (χ1v) is 6.16. The minimum absolute atomic E-state index is 0.0749. The lowest BCUT2D eigenvalue weighted by molar-refractivity contribution is 0.0598. The van der Waals surface area contributed by atoms with E-state index in [1.54, 1.807) is 6.92 Å². The Morgan fingerprint density at radius 3 is 2.37 bits per heavy atom. The number of aliphatic hydroxyl groups is 1. The van der Waals surface area contributed by atoms with E-state index in [2.05, 4.69) is 0 Å². The number of hydrogen-bond donors (Lipinski definition) is 1. The molecular weight excluding hydrogens is 246 g/mol. The van der Waals surface area contributed by atoms with Gasteiger partial charge in [-0.05, 0) is 36.2 Å². The van der Waals surface area contributed by atoms with Gasteiger partial charge in [0.1, 0.15) is 11.6 Å². The Bertz CT molecular complexity index is 550. The molecule has 0 fully saturated rings. The van der Waals surface area contributed by atoms with Crippen molar-refractivity contribution < 1.29 is 13.9 Å². The summed E-state index contributed by atoms with van der Waals surface area (Å²) in [5.41, 5.74) is 0.0425. The van der Waals surface area contributed by atoms with Gasteiger partial charge in [-0.3, -0.25) is 0 Å². The summed E-state index contributed by atoms with van der Waals surface area (Å²) >= 11 is 0. The minimum Gasteiger partial charge on any atom is -0.389 e. The van der Waals surface area contributed by atoms with Gasteiger partial charge >= 0.3 is 0 Å². The van der Waals surface area contributed by atoms with E-state index in [1.807, 2.05) is 30.3 Å². The van der Waals surface area contributed by atoms with E-state index in [4.69, 9.17) is 0 Å². The number of halogens is 2. The van der Waals surface area contributed by atoms with E-state index >= 15 is 0 Å². The number of rotatable bonds is 4. The first kappa shape index (κ1) is 13.7. The fraction of sp³-hybridized carbons (Fsp3) is 0.250. The third-order valence-corrected chi connectivity index (χ3v) is 3.01. The van der Waals surface area contributed by atoms with E-state index in [9.17, 15) is 13.9 Å². The lowest BCUT2D eigenvalue weighted by atomic mass is 9.89. The summed E-state index contributed by atoms with van der Waals surface area (Å²) in [6.07, 6.45) is 0.468. The van der Waals surface area contributed by atoms with E-state index in [-0.39, 0.29) is 12.0 Å². The van der Waals surface area contributed by atoms with Crippen molar-refractivity contribution in [2.75, 3.05) is 0 Å². The van der Waals surface area contributed by atoms with E-state index < -0.39 is 17.2 Å². The van der Waals surface area contributed by atoms with E-state index in [0.29, 0.717) is 6.42 Å². The van der Waals surface area contributed by atoms with Gasteiger partial charge in [0.05, 0.1) is 5.60 Å². The third-order valence-electron chi connectivity index (χ3n) is 3.01. The molecule has 0 aliphatic rings. The van der Waals surface area contributed by atoms with Gasteiger partial charge in [-0.1, -0.05) is 30.3 Å². The molecule has 2 aromatic carbocycles. The number of hydrogen-bond acceptors (Lipinski definition) is 1. The van der Waals surface area contributed by atoms with Gasteiger partial charge in [-0.15, -0.1) is 0 Å². The Morgan fingerprint density at radius 2 is 1.68 bits per heavy atom. The molecule has 0 aliphatic carbocycles. The average molecular weight is 262 g/mol. The van der Waals surface area contributed by atoms with Gasteiger partial charge in [-0.25, -0.2) is 8.78 Å². The van der Waals surface area contributed by atoms with Gasteiger partial charge in [0.15, 0.2) is 0 Å². The summed E-state index contributed by atoms with van der Waals surface area (Å²) in [6.45, 7) is 1.63. The zero-order chi connectivity index (χ0) is 13.9. The molecule has 0 aliphatic heterocycles. The molecule has 0 heterocycles. The summed E-state index contributed by atoms with van der Waals surface area (Å²) in [6, 6.07) is 12.8. The molecule has 0 radical (unpaired) electrons. The standard InChI is InChI=1S/C16H16F2O/c1-16(19,10-12-5-3-2-4-6-12)11-13-9-14(17)7-8-15(13)18/h2-9,19H,10-11H2,1H3. The van der Waals surface area contributed by atoms with Crippen molar-refractivity contribution in [1.82, 2.24) is 0 Å². The normalized spacial score (nSPS) is 14.1. The second-order valence-corrected chi connectivity index (χ2v) is 5.07. The summed E-state index contributed by atoms with van der Waals surface area (Å²) < 4.78 is 26.7. The molecule has 3 heteroatoms. The molecule has 2 rings (SSSR count). The lowest BCUT2D eigenvalue weighted by Crippen LogP contribution is -2.30. The van der Waals surface area contributed by atoms with Crippen molar-refractivity contribution in [3.8, 4) is 0 Å². The summed E-state index contributed by atoms with van der Waals surface area (Å²) in [5, 5.41) is 10.3. The van der Waals surface area contributed by atoms with Crippen molar-refractivity contribution in [3.05, 3.63) is 71.3 Å². The molecule has 19 heavy (non-hydrogen) atoms. The second kappa shape index (κ2) is 5.49. The Labute approximate surface area is 111 Å². The SMILES string of the molecule is CC(O)(Cc1ccccc1)Cc1cc(F)ccc1F. The zero-order valence-electron chi connectivity index (χ0n) is 10.7. The van der Waals surface area contributed by atoms with Crippen LogP contribution in [-0.2, 0) is 12.8 Å². The molecular formula is C16H16F2O. The van der Waals surface area contributed by atoms with Crippen LogP contribution in [-0.4, -0.2) is 10.7 Å². The van der Waals surface area contributed by atoms with Crippen molar-refractivity contribution >= 4 is 0 Å². The smallest absolute Gasteiger partial charge is 0.126 e. The van der Waals surface area contributed by atoms with Crippen LogP contribution in [0.4, 0.5) is 8.78 Å². The Hall–Kier alpha value is -1.74. The van der Waals surface area contributed by atoms with Gasteiger partial charge in [0.25, 0.3) is 0 Å². The summed E-state index contributed by atoms with van der Waals surface area (Å²) in [4.78, 5) is 0. The molecule has 1 atom stereocenters. The highest BCUT2D eigenvalue weighted by Gasteiger charge is 2.23. The summed E-state index contributed by atoms with van der Waals surface area (Å²) in [5.74, 6) is -0.985.